The minimum absolute atomic E-state index is 0.379. The van der Waals surface area contributed by atoms with Crippen molar-refractivity contribution in [3.05, 3.63) is 72.8 Å². The van der Waals surface area contributed by atoms with Crippen LogP contribution in [0.25, 0.3) is 22.0 Å². The number of hydrogen-bond donors (Lipinski definition) is 2. The number of carbonyl (C=O) groups excluding carboxylic acids is 1. The molecule has 5 rings (SSSR count). The predicted molar refractivity (Wildman–Crippen MR) is 182 cm³/mol. The molecule has 0 bridgehead atoms. The molecule has 1 aliphatic heterocycles. The van der Waals surface area contributed by atoms with E-state index in [-0.39, 0.29) is 6.09 Å². The minimum atomic E-state index is -0.570. The summed E-state index contributed by atoms with van der Waals surface area (Å²) in [5.74, 6) is 0.619. The molecule has 10 nitrogen and oxygen atoms in total. The molecule has 0 unspecified atom stereocenters. The van der Waals surface area contributed by atoms with Crippen molar-refractivity contribution in [1.82, 2.24) is 14.5 Å². The van der Waals surface area contributed by atoms with E-state index in [0.717, 1.165) is 33.5 Å². The number of halogens is 1. The Balaban J connectivity index is 1.45. The quantitative estimate of drug-likeness (QED) is 0.171. The molecule has 0 aliphatic carbocycles. The molecule has 244 valence electrons. The van der Waals surface area contributed by atoms with Gasteiger partial charge < -0.3 is 39.2 Å². The number of nitrogens with zero attached hydrogens (tertiary/aromatic N) is 4. The number of para-hydroxylation sites is 1. The average molecular weight is 631 g/mol. The van der Waals surface area contributed by atoms with Gasteiger partial charge in [-0.2, -0.15) is 0 Å². The molecular weight excluding hydrogens is 587 g/mol. The van der Waals surface area contributed by atoms with E-state index in [9.17, 15) is 4.79 Å². The number of ether oxygens (including phenoxy) is 3. The number of aromatic nitrogens is 2. The Morgan fingerprint density at radius 3 is 2.70 bits per heavy atom. The SMILES string of the molecule is C=CCNc1cc(Nc2cc(-c3c4n(c5ccccc35)CCOC4)c(F)cn2)c(OC)cc1N(C)CCN(C)C(=O)OC(C)(C)C. The summed E-state index contributed by atoms with van der Waals surface area (Å²) >= 11 is 0. The number of hydrogen-bond acceptors (Lipinski definition) is 8. The van der Waals surface area contributed by atoms with Crippen molar-refractivity contribution in [2.24, 2.45) is 0 Å². The Morgan fingerprint density at radius 2 is 1.96 bits per heavy atom. The predicted octanol–water partition coefficient (Wildman–Crippen LogP) is 7.03. The number of anilines is 4. The number of rotatable bonds is 11. The van der Waals surface area contributed by atoms with Gasteiger partial charge in [-0.15, -0.1) is 6.58 Å². The second-order valence-corrected chi connectivity index (χ2v) is 12.3. The summed E-state index contributed by atoms with van der Waals surface area (Å²) in [6.07, 6.45) is 2.64. The molecule has 2 aromatic heterocycles. The number of nitrogens with one attached hydrogen (secondary N) is 2. The molecule has 2 N–H and O–H groups in total. The molecule has 3 heterocycles. The molecule has 0 radical (unpaired) electrons. The molecule has 1 aliphatic rings. The van der Waals surface area contributed by atoms with E-state index in [4.69, 9.17) is 14.2 Å². The lowest BCUT2D eigenvalue weighted by molar-refractivity contribution is 0.0303. The van der Waals surface area contributed by atoms with Crippen LogP contribution in [0.15, 0.2) is 61.3 Å². The zero-order chi connectivity index (χ0) is 33.0. The van der Waals surface area contributed by atoms with Gasteiger partial charge in [0.2, 0.25) is 0 Å². The Bertz CT molecular complexity index is 1730. The third kappa shape index (κ3) is 7.04. The summed E-state index contributed by atoms with van der Waals surface area (Å²) < 4.78 is 34.8. The van der Waals surface area contributed by atoms with Gasteiger partial charge in [-0.25, -0.2) is 14.2 Å². The van der Waals surface area contributed by atoms with Gasteiger partial charge in [-0.3, -0.25) is 0 Å². The van der Waals surface area contributed by atoms with Crippen LogP contribution in [0.3, 0.4) is 0 Å². The first kappa shape index (κ1) is 32.6. The smallest absolute Gasteiger partial charge is 0.410 e. The first-order valence-corrected chi connectivity index (χ1v) is 15.3. The fourth-order valence-electron chi connectivity index (χ4n) is 5.55. The highest BCUT2D eigenvalue weighted by Crippen LogP contribution is 2.41. The first-order chi connectivity index (χ1) is 22.0. The van der Waals surface area contributed by atoms with Crippen LogP contribution in [-0.2, 0) is 22.6 Å². The summed E-state index contributed by atoms with van der Waals surface area (Å²) in [5, 5.41) is 7.73. The molecule has 0 saturated heterocycles. The maximum atomic E-state index is 15.5. The maximum Gasteiger partial charge on any atom is 0.410 e. The van der Waals surface area contributed by atoms with Gasteiger partial charge in [0, 0.05) is 68.4 Å². The normalized spacial score (nSPS) is 12.8. The number of pyridine rings is 1. The van der Waals surface area contributed by atoms with Crippen LogP contribution < -0.4 is 20.3 Å². The van der Waals surface area contributed by atoms with E-state index in [1.807, 2.05) is 63.1 Å². The number of likely N-dealkylation sites (N-methyl/N-ethyl adjacent to an activating group) is 2. The number of methoxy groups -OCH3 is 1. The Morgan fingerprint density at radius 1 is 1.17 bits per heavy atom. The highest BCUT2D eigenvalue weighted by Gasteiger charge is 2.24. The summed E-state index contributed by atoms with van der Waals surface area (Å²) in [7, 11) is 5.26. The van der Waals surface area contributed by atoms with Crippen molar-refractivity contribution in [3.8, 4) is 16.9 Å². The van der Waals surface area contributed by atoms with Gasteiger partial charge in [-0.1, -0.05) is 24.3 Å². The number of carbonyl (C=O) groups is 1. The first-order valence-electron chi connectivity index (χ1n) is 15.3. The highest BCUT2D eigenvalue weighted by atomic mass is 19.1. The van der Waals surface area contributed by atoms with E-state index in [2.05, 4.69) is 32.8 Å². The second-order valence-electron chi connectivity index (χ2n) is 12.3. The van der Waals surface area contributed by atoms with Gasteiger partial charge in [0.25, 0.3) is 0 Å². The molecule has 4 aromatic rings. The van der Waals surface area contributed by atoms with E-state index < -0.39 is 11.4 Å². The third-order valence-corrected chi connectivity index (χ3v) is 7.81. The average Bonchev–Trinajstić information content (AvgIpc) is 3.36. The standard InChI is InChI=1S/C35H43FN6O4/c1-8-13-37-26-19-27(31(44-7)20-29(26)40(5)14-15-41(6)34(43)46-35(2,3)4)39-32-18-24(25(36)21-38-32)33-23-11-9-10-12-28(23)42-16-17-45-22-30(33)42/h8-12,18-21,37H,1,13-17,22H2,2-7H3,(H,38,39). The topological polar surface area (TPSA) is 93.1 Å². The molecule has 1 amide bonds. The largest absolute Gasteiger partial charge is 0.494 e. The fraction of sp³-hybridized carbons (Fsp3) is 0.371. The molecule has 0 spiro atoms. The Labute approximate surface area is 269 Å². The minimum Gasteiger partial charge on any atom is -0.494 e. The van der Waals surface area contributed by atoms with Gasteiger partial charge in [0.15, 0.2) is 0 Å². The molecule has 0 fully saturated rings. The molecule has 2 aromatic carbocycles. The van der Waals surface area contributed by atoms with E-state index in [0.29, 0.717) is 62.2 Å². The van der Waals surface area contributed by atoms with Gasteiger partial charge >= 0.3 is 6.09 Å². The zero-order valence-corrected chi connectivity index (χ0v) is 27.4. The molecule has 11 heteroatoms. The van der Waals surface area contributed by atoms with Crippen molar-refractivity contribution in [1.29, 1.82) is 0 Å². The van der Waals surface area contributed by atoms with Gasteiger partial charge in [0.05, 0.1) is 49.3 Å². The summed E-state index contributed by atoms with van der Waals surface area (Å²) in [4.78, 5) is 20.5. The lowest BCUT2D eigenvalue weighted by atomic mass is 10.0. The molecule has 46 heavy (non-hydrogen) atoms. The van der Waals surface area contributed by atoms with E-state index >= 15 is 4.39 Å². The van der Waals surface area contributed by atoms with E-state index in [1.54, 1.807) is 31.2 Å². The lowest BCUT2D eigenvalue weighted by Crippen LogP contribution is -2.38. The maximum absolute atomic E-state index is 15.5. The number of benzene rings is 2. The monoisotopic (exact) mass is 630 g/mol. The van der Waals surface area contributed by atoms with Crippen molar-refractivity contribution >= 4 is 39.9 Å². The van der Waals surface area contributed by atoms with Gasteiger partial charge in [-0.05, 0) is 39.0 Å². The van der Waals surface area contributed by atoms with Crippen LogP contribution >= 0.6 is 0 Å². The summed E-state index contributed by atoms with van der Waals surface area (Å²) in [6, 6.07) is 13.6. The second kappa shape index (κ2) is 13.7. The van der Waals surface area contributed by atoms with Gasteiger partial charge in [0.1, 0.15) is 23.0 Å². The van der Waals surface area contributed by atoms with Crippen molar-refractivity contribution in [3.63, 3.8) is 0 Å². The van der Waals surface area contributed by atoms with Crippen molar-refractivity contribution < 1.29 is 23.4 Å². The van der Waals surface area contributed by atoms with E-state index in [1.165, 1.54) is 6.20 Å². The Kier molecular flexibility index (Phi) is 9.71. The lowest BCUT2D eigenvalue weighted by Gasteiger charge is -2.28. The summed E-state index contributed by atoms with van der Waals surface area (Å²) in [6.45, 7) is 12.6. The van der Waals surface area contributed by atoms with Crippen LogP contribution in [0.5, 0.6) is 5.75 Å². The highest BCUT2D eigenvalue weighted by molar-refractivity contribution is 5.99. The van der Waals surface area contributed by atoms with Crippen molar-refractivity contribution in [2.75, 3.05) is 63.0 Å². The molecular formula is C35H43FN6O4. The molecule has 0 atom stereocenters. The zero-order valence-electron chi connectivity index (χ0n) is 27.4. The van der Waals surface area contributed by atoms with Crippen LogP contribution in [0.4, 0.5) is 32.1 Å². The fourth-order valence-corrected chi connectivity index (χ4v) is 5.55. The number of fused-ring (bicyclic) bond motifs is 3. The van der Waals surface area contributed by atoms with Crippen LogP contribution in [0, 0.1) is 5.82 Å². The Hall–Kier alpha value is -4.77. The summed E-state index contributed by atoms with van der Waals surface area (Å²) in [5.41, 5.74) is 5.02. The third-order valence-electron chi connectivity index (χ3n) is 7.81. The van der Waals surface area contributed by atoms with Crippen LogP contribution in [0.2, 0.25) is 0 Å². The van der Waals surface area contributed by atoms with Crippen molar-refractivity contribution in [2.45, 2.75) is 39.5 Å². The van der Waals surface area contributed by atoms with Crippen LogP contribution in [-0.4, -0.2) is 73.6 Å². The number of amides is 1. The molecule has 0 saturated carbocycles. The van der Waals surface area contributed by atoms with Crippen LogP contribution in [0.1, 0.15) is 26.5 Å².